The van der Waals surface area contributed by atoms with Crippen molar-refractivity contribution in [3.05, 3.63) is 82.3 Å². The van der Waals surface area contributed by atoms with Gasteiger partial charge < -0.3 is 9.47 Å². The van der Waals surface area contributed by atoms with Gasteiger partial charge in [0.15, 0.2) is 12.3 Å². The number of anilines is 4. The molecule has 0 bridgehead atoms. The molecule has 2 atom stereocenters. The van der Waals surface area contributed by atoms with Crippen molar-refractivity contribution in [2.45, 2.75) is 19.3 Å². The van der Waals surface area contributed by atoms with Crippen LogP contribution in [0.4, 0.5) is 22.7 Å². The van der Waals surface area contributed by atoms with E-state index in [9.17, 15) is 9.59 Å². The van der Waals surface area contributed by atoms with Crippen LogP contribution in [0.5, 0.6) is 0 Å². The van der Waals surface area contributed by atoms with Crippen molar-refractivity contribution >= 4 is 69.6 Å². The predicted octanol–water partition coefficient (Wildman–Crippen LogP) is 4.59. The van der Waals surface area contributed by atoms with Gasteiger partial charge in [-0.05, 0) is 67.1 Å². The summed E-state index contributed by atoms with van der Waals surface area (Å²) in [4.78, 5) is 29.9. The van der Waals surface area contributed by atoms with Gasteiger partial charge in [-0.15, -0.1) is 10.2 Å². The second kappa shape index (κ2) is 9.48. The van der Waals surface area contributed by atoms with Crippen LogP contribution < -0.4 is 19.8 Å². The molecule has 0 amide bonds. The number of carbonyl (C=O) groups excluding carboxylic acids is 2. The third-order valence-electron chi connectivity index (χ3n) is 6.79. The lowest BCUT2D eigenvalue weighted by atomic mass is 10.0. The highest BCUT2D eigenvalue weighted by atomic mass is 35.5. The summed E-state index contributed by atoms with van der Waals surface area (Å²) in [5, 5.41) is 14.0. The Labute approximate surface area is 234 Å². The number of hydrogen-bond donors (Lipinski definition) is 0. The Morgan fingerprint density at radius 1 is 0.718 bits per heavy atom. The highest BCUT2D eigenvalue weighted by molar-refractivity contribution is 6.45. The van der Waals surface area contributed by atoms with Crippen molar-refractivity contribution in [3.8, 4) is 0 Å². The molecule has 3 heterocycles. The molecule has 12 heteroatoms. The van der Waals surface area contributed by atoms with Crippen LogP contribution in [-0.4, -0.2) is 50.2 Å². The number of ether oxygens (including phenoxy) is 2. The van der Waals surface area contributed by atoms with E-state index in [0.29, 0.717) is 32.8 Å². The molecule has 0 aromatic heterocycles. The molecule has 0 spiro atoms. The van der Waals surface area contributed by atoms with Crippen LogP contribution in [-0.2, 0) is 19.1 Å². The van der Waals surface area contributed by atoms with Crippen molar-refractivity contribution in [1.29, 1.82) is 0 Å². The molecule has 3 aromatic rings. The highest BCUT2D eigenvalue weighted by Gasteiger charge is 2.57. The van der Waals surface area contributed by atoms with Gasteiger partial charge in [0, 0.05) is 10.0 Å². The maximum atomic E-state index is 13.1. The molecule has 0 saturated carbocycles. The second-order valence-corrected chi connectivity index (χ2v) is 9.86. The Balaban J connectivity index is 1.63. The maximum absolute atomic E-state index is 13.1. The van der Waals surface area contributed by atoms with E-state index < -0.39 is 24.3 Å². The molecule has 198 valence electrons. The monoisotopic (exact) mass is 564 g/mol. The minimum Gasteiger partial charge on any atom is -0.463 e. The minimum atomic E-state index is -0.671. The third-order valence-corrected chi connectivity index (χ3v) is 7.30. The van der Waals surface area contributed by atoms with Gasteiger partial charge in [-0.25, -0.2) is 19.6 Å². The Hall–Kier alpha value is -4.28. The molecule has 6 rings (SSSR count). The van der Waals surface area contributed by atoms with Gasteiger partial charge in [0.2, 0.25) is 11.7 Å². The van der Waals surface area contributed by atoms with E-state index in [1.54, 1.807) is 34.3 Å². The average molecular weight is 565 g/mol. The highest BCUT2D eigenvalue weighted by Crippen LogP contribution is 2.48. The number of rotatable bonds is 4. The zero-order valence-electron chi connectivity index (χ0n) is 21.1. The van der Waals surface area contributed by atoms with E-state index in [1.807, 2.05) is 59.2 Å². The van der Waals surface area contributed by atoms with Crippen molar-refractivity contribution in [1.82, 2.24) is 0 Å². The second-order valence-electron chi connectivity index (χ2n) is 8.98. The Morgan fingerprint density at radius 3 is 1.67 bits per heavy atom. The van der Waals surface area contributed by atoms with Gasteiger partial charge in [-0.2, -0.15) is 0 Å². The maximum Gasteiger partial charge on any atom is 0.376 e. The summed E-state index contributed by atoms with van der Waals surface area (Å²) >= 11 is 12.4. The number of para-hydroxylation sites is 1. The predicted molar refractivity (Wildman–Crippen MR) is 150 cm³/mol. The molecular weight excluding hydrogens is 543 g/mol. The van der Waals surface area contributed by atoms with Crippen LogP contribution in [0.1, 0.15) is 5.56 Å². The zero-order chi connectivity index (χ0) is 27.4. The lowest BCUT2D eigenvalue weighted by Gasteiger charge is -2.47. The summed E-state index contributed by atoms with van der Waals surface area (Å²) in [5.41, 5.74) is 3.56. The Bertz CT molecular complexity index is 1540. The molecule has 0 saturated heterocycles. The molecule has 0 N–H and O–H groups in total. The van der Waals surface area contributed by atoms with Gasteiger partial charge in [0.05, 0.1) is 37.0 Å². The summed E-state index contributed by atoms with van der Waals surface area (Å²) < 4.78 is 10.3. The molecule has 3 aromatic carbocycles. The van der Waals surface area contributed by atoms with Crippen molar-refractivity contribution in [2.24, 2.45) is 10.2 Å². The minimum absolute atomic E-state index is 0.0894. The molecule has 0 aliphatic carbocycles. The molecule has 0 radical (unpaired) electrons. The number of hydrogen-bond acceptors (Lipinski definition) is 10. The number of nitrogens with zero attached hydrogens (tertiary/aromatic N) is 6. The van der Waals surface area contributed by atoms with Gasteiger partial charge >= 0.3 is 11.9 Å². The van der Waals surface area contributed by atoms with Crippen LogP contribution in [0, 0.1) is 6.92 Å². The number of esters is 2. The van der Waals surface area contributed by atoms with Crippen LogP contribution in [0.15, 0.2) is 76.9 Å². The van der Waals surface area contributed by atoms with Gasteiger partial charge in [0.1, 0.15) is 0 Å². The number of hydrazone groups is 2. The first kappa shape index (κ1) is 25.0. The van der Waals surface area contributed by atoms with E-state index in [-0.39, 0.29) is 11.7 Å². The first-order valence-corrected chi connectivity index (χ1v) is 12.7. The van der Waals surface area contributed by atoms with Gasteiger partial charge in [-0.3, -0.25) is 9.80 Å². The van der Waals surface area contributed by atoms with Crippen LogP contribution in [0.25, 0.3) is 0 Å². The van der Waals surface area contributed by atoms with Crippen molar-refractivity contribution in [3.63, 3.8) is 0 Å². The number of halogens is 2. The number of amidine groups is 2. The molecule has 10 nitrogen and oxygen atoms in total. The van der Waals surface area contributed by atoms with E-state index in [1.165, 1.54) is 14.2 Å². The van der Waals surface area contributed by atoms with Crippen LogP contribution in [0.3, 0.4) is 0 Å². The molecule has 2 unspecified atom stereocenters. The summed E-state index contributed by atoms with van der Waals surface area (Å²) in [7, 11) is 2.63. The lowest BCUT2D eigenvalue weighted by molar-refractivity contribution is -0.133. The summed E-state index contributed by atoms with van der Waals surface area (Å²) in [6.07, 6.45) is -1.34. The number of benzene rings is 3. The fourth-order valence-corrected chi connectivity index (χ4v) is 5.37. The SMILES string of the molecule is COC(=O)C1=NN(c2ccc(Cl)cc2)C2C3N(c4ccc(Cl)cc4)N=C(C(=O)OC)N3c3c(C)cccc3N12. The standard InChI is InChI=1S/C27H22Cl2N6O4/c1-15-5-4-6-20-21(15)33-23(27(37)39-3)31-35(19-13-9-17(29)10-14-19)25(33)24-32(20)22(26(36)38-2)30-34(24)18-11-7-16(28)8-12-18/h4-14,24-25H,1-3H3. The lowest BCUT2D eigenvalue weighted by Crippen LogP contribution is -2.65. The average Bonchev–Trinajstić information content (AvgIpc) is 3.53. The molecule has 3 aliphatic rings. The van der Waals surface area contributed by atoms with Crippen LogP contribution in [0.2, 0.25) is 10.0 Å². The number of methoxy groups -OCH3 is 2. The number of carbonyl (C=O) groups is 2. The summed E-state index contributed by atoms with van der Waals surface area (Å²) in [6, 6.07) is 19.9. The zero-order valence-corrected chi connectivity index (χ0v) is 22.6. The summed E-state index contributed by atoms with van der Waals surface area (Å²) in [6.45, 7) is 1.93. The largest absolute Gasteiger partial charge is 0.463 e. The normalized spacial score (nSPS) is 19.2. The van der Waals surface area contributed by atoms with Crippen molar-refractivity contribution < 1.29 is 19.1 Å². The fraction of sp³-hybridized carbons (Fsp3) is 0.185. The topological polar surface area (TPSA) is 90.3 Å². The van der Waals surface area contributed by atoms with Crippen LogP contribution >= 0.6 is 23.2 Å². The first-order valence-electron chi connectivity index (χ1n) is 12.0. The third kappa shape index (κ3) is 3.86. The van der Waals surface area contributed by atoms with E-state index in [0.717, 1.165) is 5.56 Å². The van der Waals surface area contributed by atoms with E-state index in [2.05, 4.69) is 0 Å². The molecular formula is C27H22Cl2N6O4. The molecule has 3 aliphatic heterocycles. The quantitative estimate of drug-likeness (QED) is 0.425. The van der Waals surface area contributed by atoms with Gasteiger partial charge in [-0.1, -0.05) is 35.3 Å². The first-order chi connectivity index (χ1) is 18.8. The number of aryl methyl sites for hydroxylation is 1. The van der Waals surface area contributed by atoms with E-state index in [4.69, 9.17) is 42.9 Å². The summed E-state index contributed by atoms with van der Waals surface area (Å²) in [5.74, 6) is -1.03. The Morgan fingerprint density at radius 2 is 1.18 bits per heavy atom. The molecule has 0 fully saturated rings. The van der Waals surface area contributed by atoms with Gasteiger partial charge in [0.25, 0.3) is 0 Å². The number of fused-ring (bicyclic) bond motifs is 6. The fourth-order valence-electron chi connectivity index (χ4n) is 5.12. The smallest absolute Gasteiger partial charge is 0.376 e. The van der Waals surface area contributed by atoms with E-state index >= 15 is 0 Å². The Kier molecular flexibility index (Phi) is 6.08. The van der Waals surface area contributed by atoms with Crippen molar-refractivity contribution in [2.75, 3.05) is 34.0 Å². The molecule has 39 heavy (non-hydrogen) atoms.